The molecule has 3 heteroatoms. The maximum absolute atomic E-state index is 13.8. The van der Waals surface area contributed by atoms with Crippen LogP contribution in [0.5, 0.6) is 0 Å². The van der Waals surface area contributed by atoms with Crippen LogP contribution < -0.4 is 5.73 Å². The van der Waals surface area contributed by atoms with Crippen LogP contribution in [0.25, 0.3) is 0 Å². The van der Waals surface area contributed by atoms with E-state index in [0.717, 1.165) is 11.5 Å². The number of nitrogens with two attached hydrogens (primary N) is 1. The smallest absolute Gasteiger partial charge is 0.127 e. The summed E-state index contributed by atoms with van der Waals surface area (Å²) >= 11 is 0. The molecule has 0 spiro atoms. The summed E-state index contributed by atoms with van der Waals surface area (Å²) in [4.78, 5) is 2.24. The van der Waals surface area contributed by atoms with Gasteiger partial charge in [0.1, 0.15) is 5.82 Å². The van der Waals surface area contributed by atoms with Crippen LogP contribution in [0.3, 0.4) is 0 Å². The first-order valence-corrected chi connectivity index (χ1v) is 7.75. The van der Waals surface area contributed by atoms with Gasteiger partial charge >= 0.3 is 0 Å². The summed E-state index contributed by atoms with van der Waals surface area (Å²) in [6, 6.07) is 7.39. The number of hydrogen-bond acceptors (Lipinski definition) is 2. The zero-order chi connectivity index (χ0) is 14.5. The fourth-order valence-electron chi connectivity index (χ4n) is 3.42. The van der Waals surface area contributed by atoms with E-state index in [0.29, 0.717) is 25.0 Å². The molecule has 0 saturated heterocycles. The maximum atomic E-state index is 13.8. The van der Waals surface area contributed by atoms with Gasteiger partial charge in [0.05, 0.1) is 0 Å². The second kappa shape index (κ2) is 7.19. The largest absolute Gasteiger partial charge is 0.329 e. The highest BCUT2D eigenvalue weighted by molar-refractivity contribution is 5.17. The van der Waals surface area contributed by atoms with Gasteiger partial charge in [-0.3, -0.25) is 4.90 Å². The van der Waals surface area contributed by atoms with Gasteiger partial charge in [0.25, 0.3) is 0 Å². The van der Waals surface area contributed by atoms with Gasteiger partial charge in [-0.1, -0.05) is 38.0 Å². The van der Waals surface area contributed by atoms with Gasteiger partial charge in [-0.25, -0.2) is 4.39 Å². The van der Waals surface area contributed by atoms with Crippen LogP contribution >= 0.6 is 0 Å². The second-order valence-corrected chi connectivity index (χ2v) is 6.33. The van der Waals surface area contributed by atoms with Crippen molar-refractivity contribution >= 4 is 0 Å². The molecule has 2 N–H and O–H groups in total. The van der Waals surface area contributed by atoms with Gasteiger partial charge < -0.3 is 5.73 Å². The van der Waals surface area contributed by atoms with E-state index in [1.807, 2.05) is 12.1 Å². The molecule has 1 unspecified atom stereocenters. The Kier molecular flexibility index (Phi) is 5.55. The molecule has 1 aromatic rings. The standard InChI is InChI=1S/C17H27FN2/c1-13-7-9-14(10-8-13)17(11-19)20(2)12-15-5-3-4-6-16(15)18/h3-6,13-14,17H,7-12,19H2,1-2H3. The van der Waals surface area contributed by atoms with Crippen molar-refractivity contribution in [3.05, 3.63) is 35.6 Å². The Bertz CT molecular complexity index is 413. The Morgan fingerprint density at radius 2 is 1.90 bits per heavy atom. The lowest BCUT2D eigenvalue weighted by Crippen LogP contribution is -2.44. The SMILES string of the molecule is CC1CCC(C(CN)N(C)Cc2ccccc2F)CC1. The first kappa shape index (κ1) is 15.5. The fourth-order valence-corrected chi connectivity index (χ4v) is 3.42. The lowest BCUT2D eigenvalue weighted by atomic mass is 9.79. The Morgan fingerprint density at radius 3 is 2.50 bits per heavy atom. The van der Waals surface area contributed by atoms with E-state index in [-0.39, 0.29) is 5.82 Å². The van der Waals surface area contributed by atoms with Crippen LogP contribution in [0.2, 0.25) is 0 Å². The molecule has 1 saturated carbocycles. The zero-order valence-electron chi connectivity index (χ0n) is 12.7. The molecule has 1 aliphatic carbocycles. The zero-order valence-corrected chi connectivity index (χ0v) is 12.7. The summed E-state index contributed by atoms with van der Waals surface area (Å²) in [5.74, 6) is 1.39. The summed E-state index contributed by atoms with van der Waals surface area (Å²) in [7, 11) is 2.07. The molecule has 2 nitrogen and oxygen atoms in total. The number of halogens is 1. The number of likely N-dealkylation sites (N-methyl/N-ethyl adjacent to an activating group) is 1. The molecule has 0 aliphatic heterocycles. The van der Waals surface area contributed by atoms with E-state index in [1.54, 1.807) is 6.07 Å². The van der Waals surface area contributed by atoms with Gasteiger partial charge in [-0.15, -0.1) is 0 Å². The van der Waals surface area contributed by atoms with Crippen LogP contribution in [-0.2, 0) is 6.54 Å². The minimum absolute atomic E-state index is 0.118. The van der Waals surface area contributed by atoms with Crippen LogP contribution in [0.1, 0.15) is 38.2 Å². The predicted molar refractivity (Wildman–Crippen MR) is 81.8 cm³/mol. The van der Waals surface area contributed by atoms with Gasteiger partial charge in [0, 0.05) is 24.7 Å². The fraction of sp³-hybridized carbons (Fsp3) is 0.647. The van der Waals surface area contributed by atoms with E-state index in [2.05, 4.69) is 18.9 Å². The number of nitrogens with zero attached hydrogens (tertiary/aromatic N) is 1. The minimum atomic E-state index is -0.118. The molecule has 2 rings (SSSR count). The molecule has 0 radical (unpaired) electrons. The van der Waals surface area contributed by atoms with E-state index in [1.165, 1.54) is 31.7 Å². The van der Waals surface area contributed by atoms with Crippen molar-refractivity contribution in [2.45, 2.75) is 45.2 Å². The van der Waals surface area contributed by atoms with Crippen molar-refractivity contribution in [3.63, 3.8) is 0 Å². The van der Waals surface area contributed by atoms with Crippen molar-refractivity contribution in [3.8, 4) is 0 Å². The highest BCUT2D eigenvalue weighted by Gasteiger charge is 2.28. The Labute approximate surface area is 122 Å². The van der Waals surface area contributed by atoms with Crippen LogP contribution in [0.4, 0.5) is 4.39 Å². The van der Waals surface area contributed by atoms with E-state index >= 15 is 0 Å². The minimum Gasteiger partial charge on any atom is -0.329 e. The summed E-state index contributed by atoms with van der Waals surface area (Å²) in [5, 5.41) is 0. The predicted octanol–water partition coefficient (Wildman–Crippen LogP) is 3.41. The highest BCUT2D eigenvalue weighted by atomic mass is 19.1. The summed E-state index contributed by atoms with van der Waals surface area (Å²) < 4.78 is 13.8. The van der Waals surface area contributed by atoms with Crippen molar-refractivity contribution < 1.29 is 4.39 Å². The molecule has 20 heavy (non-hydrogen) atoms. The number of rotatable bonds is 5. The van der Waals surface area contributed by atoms with E-state index < -0.39 is 0 Å². The quantitative estimate of drug-likeness (QED) is 0.894. The highest BCUT2D eigenvalue weighted by Crippen LogP contribution is 2.32. The second-order valence-electron chi connectivity index (χ2n) is 6.33. The third-order valence-electron chi connectivity index (χ3n) is 4.79. The lowest BCUT2D eigenvalue weighted by molar-refractivity contribution is 0.129. The van der Waals surface area contributed by atoms with Crippen LogP contribution in [0.15, 0.2) is 24.3 Å². The molecular formula is C17H27FN2. The molecule has 1 atom stereocenters. The normalized spacial score (nSPS) is 24.9. The summed E-state index contributed by atoms with van der Waals surface area (Å²) in [6.07, 6.45) is 5.11. The molecule has 1 fully saturated rings. The van der Waals surface area contributed by atoms with Crippen molar-refractivity contribution in [1.82, 2.24) is 4.90 Å². The lowest BCUT2D eigenvalue weighted by Gasteiger charge is -2.37. The Morgan fingerprint density at radius 1 is 1.25 bits per heavy atom. The van der Waals surface area contributed by atoms with Crippen LogP contribution in [0, 0.1) is 17.7 Å². The summed E-state index contributed by atoms with van der Waals surface area (Å²) in [6.45, 7) is 3.63. The number of benzene rings is 1. The molecule has 1 aromatic carbocycles. The third-order valence-corrected chi connectivity index (χ3v) is 4.79. The number of hydrogen-bond donors (Lipinski definition) is 1. The average molecular weight is 278 g/mol. The molecule has 112 valence electrons. The monoisotopic (exact) mass is 278 g/mol. The average Bonchev–Trinajstić information content (AvgIpc) is 2.44. The van der Waals surface area contributed by atoms with Crippen LogP contribution in [-0.4, -0.2) is 24.5 Å². The Balaban J connectivity index is 1.98. The first-order chi connectivity index (χ1) is 9.61. The Hall–Kier alpha value is -0.930. The molecule has 0 bridgehead atoms. The van der Waals surface area contributed by atoms with Crippen molar-refractivity contribution in [2.75, 3.05) is 13.6 Å². The molecule has 0 aromatic heterocycles. The molecular weight excluding hydrogens is 251 g/mol. The van der Waals surface area contributed by atoms with Crippen molar-refractivity contribution in [2.24, 2.45) is 17.6 Å². The molecule has 1 aliphatic rings. The van der Waals surface area contributed by atoms with E-state index in [4.69, 9.17) is 5.73 Å². The first-order valence-electron chi connectivity index (χ1n) is 7.75. The maximum Gasteiger partial charge on any atom is 0.127 e. The van der Waals surface area contributed by atoms with Gasteiger partial charge in [0.15, 0.2) is 0 Å². The van der Waals surface area contributed by atoms with E-state index in [9.17, 15) is 4.39 Å². The molecule has 0 amide bonds. The molecule has 0 heterocycles. The third kappa shape index (κ3) is 3.80. The summed E-state index contributed by atoms with van der Waals surface area (Å²) in [5.41, 5.74) is 6.76. The van der Waals surface area contributed by atoms with Gasteiger partial charge in [0.2, 0.25) is 0 Å². The van der Waals surface area contributed by atoms with Gasteiger partial charge in [-0.05, 0) is 37.8 Å². The topological polar surface area (TPSA) is 29.3 Å². The van der Waals surface area contributed by atoms with Gasteiger partial charge in [-0.2, -0.15) is 0 Å². The van der Waals surface area contributed by atoms with Crippen molar-refractivity contribution in [1.29, 1.82) is 0 Å².